The fourth-order valence-electron chi connectivity index (χ4n) is 2.45. The quantitative estimate of drug-likeness (QED) is 0.592. The van der Waals surface area contributed by atoms with E-state index in [1.807, 2.05) is 19.0 Å². The highest BCUT2D eigenvalue weighted by molar-refractivity contribution is 9.10. The Bertz CT molecular complexity index is 840. The van der Waals surface area contributed by atoms with Crippen LogP contribution in [0.3, 0.4) is 0 Å². The minimum Gasteiger partial charge on any atom is -0.354 e. The van der Waals surface area contributed by atoms with Crippen molar-refractivity contribution >= 4 is 37.5 Å². The van der Waals surface area contributed by atoms with Crippen molar-refractivity contribution in [1.29, 1.82) is 0 Å². The normalized spacial score (nSPS) is 11.4. The van der Waals surface area contributed by atoms with Gasteiger partial charge in [-0.3, -0.25) is 9.10 Å². The maximum absolute atomic E-state index is 13.1. The monoisotopic (exact) mass is 453 g/mol. The van der Waals surface area contributed by atoms with Crippen molar-refractivity contribution in [2.45, 2.75) is 11.3 Å². The number of amides is 1. The van der Waals surface area contributed by atoms with E-state index in [1.165, 1.54) is 12.1 Å². The van der Waals surface area contributed by atoms with Crippen molar-refractivity contribution < 1.29 is 13.2 Å². The topological polar surface area (TPSA) is 69.7 Å². The second-order valence-corrected chi connectivity index (χ2v) is 9.09. The zero-order valence-corrected chi connectivity index (χ0v) is 17.8. The van der Waals surface area contributed by atoms with Crippen molar-refractivity contribution in [1.82, 2.24) is 10.2 Å². The largest absolute Gasteiger partial charge is 0.354 e. The van der Waals surface area contributed by atoms with Gasteiger partial charge in [0.25, 0.3) is 10.0 Å². The van der Waals surface area contributed by atoms with Crippen LogP contribution in [-0.2, 0) is 14.8 Å². The lowest BCUT2D eigenvalue weighted by atomic mass is 10.3. The van der Waals surface area contributed by atoms with Gasteiger partial charge in [0.1, 0.15) is 6.54 Å². The molecule has 27 heavy (non-hydrogen) atoms. The Morgan fingerprint density at radius 2 is 1.67 bits per heavy atom. The number of carbonyl (C=O) groups is 1. The molecular weight excluding hydrogens is 430 g/mol. The van der Waals surface area contributed by atoms with Crippen LogP contribution in [0.1, 0.15) is 6.42 Å². The number of benzene rings is 2. The molecule has 0 heterocycles. The van der Waals surface area contributed by atoms with Gasteiger partial charge < -0.3 is 10.2 Å². The van der Waals surface area contributed by atoms with Gasteiger partial charge in [-0.05, 0) is 63.5 Å². The predicted octanol–water partition coefficient (Wildman–Crippen LogP) is 2.71. The van der Waals surface area contributed by atoms with Crippen LogP contribution in [-0.4, -0.2) is 53.0 Å². The number of carbonyl (C=O) groups excluding carboxylic acids is 1. The SMILES string of the molecule is CN(C)CCCNC(=O)CN(c1ccc(Br)cc1)S(=O)(=O)c1ccccc1. The van der Waals surface area contributed by atoms with E-state index in [4.69, 9.17) is 0 Å². The van der Waals surface area contributed by atoms with Gasteiger partial charge >= 0.3 is 0 Å². The maximum Gasteiger partial charge on any atom is 0.264 e. The lowest BCUT2D eigenvalue weighted by Crippen LogP contribution is -2.41. The molecule has 0 spiro atoms. The Morgan fingerprint density at radius 3 is 2.26 bits per heavy atom. The molecule has 2 aromatic rings. The van der Waals surface area contributed by atoms with Gasteiger partial charge in [-0.1, -0.05) is 34.1 Å². The summed E-state index contributed by atoms with van der Waals surface area (Å²) in [6, 6.07) is 15.0. The third-order valence-corrected chi connectivity index (χ3v) is 6.15. The van der Waals surface area contributed by atoms with Gasteiger partial charge in [0.2, 0.25) is 5.91 Å². The van der Waals surface area contributed by atoms with E-state index in [0.717, 1.165) is 21.7 Å². The molecule has 0 aliphatic heterocycles. The van der Waals surface area contributed by atoms with Crippen LogP contribution in [0.25, 0.3) is 0 Å². The molecule has 0 saturated heterocycles. The number of rotatable bonds is 9. The minimum absolute atomic E-state index is 0.147. The van der Waals surface area contributed by atoms with Crippen molar-refractivity contribution in [3.8, 4) is 0 Å². The molecule has 0 unspecified atom stereocenters. The van der Waals surface area contributed by atoms with Gasteiger partial charge in [-0.2, -0.15) is 0 Å². The van der Waals surface area contributed by atoms with E-state index < -0.39 is 10.0 Å². The summed E-state index contributed by atoms with van der Waals surface area (Å²) in [6.45, 7) is 1.07. The maximum atomic E-state index is 13.1. The molecule has 8 heteroatoms. The van der Waals surface area contributed by atoms with Gasteiger partial charge in [-0.25, -0.2) is 8.42 Å². The number of nitrogens with zero attached hydrogens (tertiary/aromatic N) is 2. The summed E-state index contributed by atoms with van der Waals surface area (Å²) in [5.74, 6) is -0.337. The van der Waals surface area contributed by atoms with E-state index in [2.05, 4.69) is 21.2 Å². The highest BCUT2D eigenvalue weighted by Gasteiger charge is 2.26. The highest BCUT2D eigenvalue weighted by atomic mass is 79.9. The highest BCUT2D eigenvalue weighted by Crippen LogP contribution is 2.25. The van der Waals surface area contributed by atoms with Gasteiger partial charge in [0.15, 0.2) is 0 Å². The number of anilines is 1. The van der Waals surface area contributed by atoms with Crippen molar-refractivity contribution in [3.05, 3.63) is 59.1 Å². The number of sulfonamides is 1. The molecule has 0 aliphatic carbocycles. The zero-order chi connectivity index (χ0) is 19.9. The smallest absolute Gasteiger partial charge is 0.264 e. The number of hydrogen-bond donors (Lipinski definition) is 1. The van der Waals surface area contributed by atoms with Crippen LogP contribution >= 0.6 is 15.9 Å². The predicted molar refractivity (Wildman–Crippen MR) is 111 cm³/mol. The average Bonchev–Trinajstić information content (AvgIpc) is 2.64. The first-order chi connectivity index (χ1) is 12.8. The summed E-state index contributed by atoms with van der Waals surface area (Å²) in [6.07, 6.45) is 0.794. The van der Waals surface area contributed by atoms with Gasteiger partial charge in [-0.15, -0.1) is 0 Å². The summed E-state index contributed by atoms with van der Waals surface area (Å²) in [4.78, 5) is 14.6. The molecule has 1 amide bonds. The molecule has 0 saturated carbocycles. The molecule has 0 aromatic heterocycles. The number of halogens is 1. The second kappa shape index (κ2) is 9.87. The van der Waals surface area contributed by atoms with E-state index >= 15 is 0 Å². The van der Waals surface area contributed by atoms with Gasteiger partial charge in [0.05, 0.1) is 10.6 Å². The third-order valence-electron chi connectivity index (χ3n) is 3.84. The molecule has 0 radical (unpaired) electrons. The van der Waals surface area contributed by atoms with E-state index in [0.29, 0.717) is 12.2 Å². The van der Waals surface area contributed by atoms with Crippen LogP contribution in [0.4, 0.5) is 5.69 Å². The van der Waals surface area contributed by atoms with Crippen LogP contribution < -0.4 is 9.62 Å². The van der Waals surface area contributed by atoms with E-state index in [1.54, 1.807) is 42.5 Å². The summed E-state index contributed by atoms with van der Waals surface area (Å²) in [5.41, 5.74) is 0.436. The van der Waals surface area contributed by atoms with Crippen molar-refractivity contribution in [3.63, 3.8) is 0 Å². The molecular formula is C19H24BrN3O3S. The molecule has 2 rings (SSSR count). The summed E-state index contributed by atoms with van der Waals surface area (Å²) in [5, 5.41) is 2.79. The molecule has 2 aromatic carbocycles. The fourth-order valence-corrected chi connectivity index (χ4v) is 4.16. The van der Waals surface area contributed by atoms with Crippen LogP contribution in [0.5, 0.6) is 0 Å². The third kappa shape index (κ3) is 6.34. The van der Waals surface area contributed by atoms with Crippen molar-refractivity contribution in [2.75, 3.05) is 38.0 Å². The van der Waals surface area contributed by atoms with Crippen LogP contribution in [0.15, 0.2) is 64.0 Å². The first-order valence-electron chi connectivity index (χ1n) is 8.55. The first kappa shape index (κ1) is 21.4. The average molecular weight is 454 g/mol. The molecule has 146 valence electrons. The van der Waals surface area contributed by atoms with E-state index in [9.17, 15) is 13.2 Å². The number of hydrogen-bond acceptors (Lipinski definition) is 4. The minimum atomic E-state index is -3.86. The van der Waals surface area contributed by atoms with Crippen LogP contribution in [0, 0.1) is 0 Å². The number of nitrogens with one attached hydrogen (secondary N) is 1. The fraction of sp³-hybridized carbons (Fsp3) is 0.316. The standard InChI is InChI=1S/C19H24BrN3O3S/c1-22(2)14-6-13-21-19(24)15-23(17-11-9-16(20)10-12-17)27(25,26)18-7-4-3-5-8-18/h3-5,7-12H,6,13-15H2,1-2H3,(H,21,24). The van der Waals surface area contributed by atoms with E-state index in [-0.39, 0.29) is 17.3 Å². The lowest BCUT2D eigenvalue weighted by Gasteiger charge is -2.24. The second-order valence-electron chi connectivity index (χ2n) is 6.31. The van der Waals surface area contributed by atoms with Crippen LogP contribution in [0.2, 0.25) is 0 Å². The first-order valence-corrected chi connectivity index (χ1v) is 10.8. The lowest BCUT2D eigenvalue weighted by molar-refractivity contribution is -0.119. The van der Waals surface area contributed by atoms with Crippen molar-refractivity contribution in [2.24, 2.45) is 0 Å². The Morgan fingerprint density at radius 1 is 1.04 bits per heavy atom. The summed E-state index contributed by atoms with van der Waals surface area (Å²) < 4.78 is 28.2. The Kier molecular flexibility index (Phi) is 7.82. The summed E-state index contributed by atoms with van der Waals surface area (Å²) >= 11 is 3.34. The molecule has 6 nitrogen and oxygen atoms in total. The Balaban J connectivity index is 2.21. The van der Waals surface area contributed by atoms with Gasteiger partial charge in [0, 0.05) is 11.0 Å². The Hall–Kier alpha value is -1.90. The molecule has 0 bridgehead atoms. The Labute approximate surface area is 169 Å². The molecule has 0 fully saturated rings. The molecule has 0 aliphatic rings. The zero-order valence-electron chi connectivity index (χ0n) is 15.4. The molecule has 1 N–H and O–H groups in total. The summed E-state index contributed by atoms with van der Waals surface area (Å²) in [7, 11) is 0.0665. The molecule has 0 atom stereocenters.